The Morgan fingerprint density at radius 1 is 1.25 bits per heavy atom. The third-order valence-corrected chi connectivity index (χ3v) is 3.70. The number of benzene rings is 1. The summed E-state index contributed by atoms with van der Waals surface area (Å²) in [5.74, 6) is 0.480. The number of hydrogen-bond acceptors (Lipinski definition) is 2. The fourth-order valence-corrected chi connectivity index (χ4v) is 2.18. The molecule has 0 heterocycles. The van der Waals surface area contributed by atoms with E-state index in [4.69, 9.17) is 4.74 Å². The van der Waals surface area contributed by atoms with Crippen molar-refractivity contribution in [3.8, 4) is 5.75 Å². The van der Waals surface area contributed by atoms with E-state index in [-0.39, 0.29) is 11.2 Å². The molecule has 0 saturated heterocycles. The molecule has 3 heteroatoms. The normalized spacial score (nSPS) is 13.6. The van der Waals surface area contributed by atoms with E-state index in [1.807, 2.05) is 6.07 Å². The Hall–Kier alpha value is -1.09. The molecule has 114 valence electrons. The summed E-state index contributed by atoms with van der Waals surface area (Å²) in [4.78, 5) is 0. The largest absolute Gasteiger partial charge is 0.494 e. The van der Waals surface area contributed by atoms with Crippen molar-refractivity contribution in [1.29, 1.82) is 0 Å². The highest BCUT2D eigenvalue weighted by atomic mass is 19.1. The van der Waals surface area contributed by atoms with E-state index in [9.17, 15) is 4.39 Å². The number of nitrogens with one attached hydrogen (secondary N) is 1. The average molecular weight is 281 g/mol. The highest BCUT2D eigenvalue weighted by Gasteiger charge is 2.25. The molecule has 1 aromatic carbocycles. The summed E-state index contributed by atoms with van der Waals surface area (Å²) in [6, 6.07) is 5.72. The summed E-state index contributed by atoms with van der Waals surface area (Å²) < 4.78 is 18.7. The van der Waals surface area contributed by atoms with Crippen LogP contribution in [0.15, 0.2) is 18.2 Å². The van der Waals surface area contributed by atoms with Crippen molar-refractivity contribution in [2.45, 2.75) is 47.1 Å². The Morgan fingerprint density at radius 3 is 2.35 bits per heavy atom. The van der Waals surface area contributed by atoms with Crippen molar-refractivity contribution in [2.75, 3.05) is 13.7 Å². The first-order valence-corrected chi connectivity index (χ1v) is 7.30. The van der Waals surface area contributed by atoms with Crippen LogP contribution < -0.4 is 10.1 Å². The number of ether oxygens (including phenoxy) is 1. The second-order valence-corrected chi connectivity index (χ2v) is 6.80. The van der Waals surface area contributed by atoms with Crippen molar-refractivity contribution in [3.63, 3.8) is 0 Å². The number of rotatable bonds is 6. The van der Waals surface area contributed by atoms with Crippen LogP contribution in [0.25, 0.3) is 0 Å². The molecule has 0 saturated carbocycles. The molecule has 0 aliphatic carbocycles. The van der Waals surface area contributed by atoms with E-state index in [2.05, 4.69) is 39.9 Å². The molecule has 0 fully saturated rings. The fourth-order valence-electron chi connectivity index (χ4n) is 2.18. The van der Waals surface area contributed by atoms with Gasteiger partial charge in [0.15, 0.2) is 11.6 Å². The van der Waals surface area contributed by atoms with Gasteiger partial charge in [-0.25, -0.2) is 4.39 Å². The molecule has 20 heavy (non-hydrogen) atoms. The van der Waals surface area contributed by atoms with E-state index in [0.717, 1.165) is 18.5 Å². The lowest BCUT2D eigenvalue weighted by molar-refractivity contribution is 0.226. The maximum atomic E-state index is 13.8. The Kier molecular flexibility index (Phi) is 6.00. The van der Waals surface area contributed by atoms with Gasteiger partial charge in [-0.3, -0.25) is 0 Å². The average Bonchev–Trinajstić information content (AvgIpc) is 2.33. The minimum Gasteiger partial charge on any atom is -0.494 e. The van der Waals surface area contributed by atoms with Gasteiger partial charge in [0, 0.05) is 6.04 Å². The summed E-state index contributed by atoms with van der Waals surface area (Å²) in [5.41, 5.74) is 1.20. The van der Waals surface area contributed by atoms with Crippen LogP contribution in [0.4, 0.5) is 4.39 Å². The van der Waals surface area contributed by atoms with Crippen LogP contribution in [0.1, 0.15) is 40.2 Å². The molecule has 0 aliphatic rings. The molecule has 0 radical (unpaired) electrons. The van der Waals surface area contributed by atoms with Gasteiger partial charge in [-0.05, 0) is 42.0 Å². The highest BCUT2D eigenvalue weighted by molar-refractivity contribution is 5.29. The summed E-state index contributed by atoms with van der Waals surface area (Å²) in [6.45, 7) is 11.9. The lowest BCUT2D eigenvalue weighted by atomic mass is 9.77. The van der Waals surface area contributed by atoms with Crippen LogP contribution in [0.2, 0.25) is 0 Å². The van der Waals surface area contributed by atoms with E-state index in [1.54, 1.807) is 12.1 Å². The quantitative estimate of drug-likeness (QED) is 0.850. The van der Waals surface area contributed by atoms with E-state index in [1.165, 1.54) is 7.11 Å². The first-order valence-electron chi connectivity index (χ1n) is 7.30. The molecule has 1 atom stereocenters. The smallest absolute Gasteiger partial charge is 0.165 e. The minimum atomic E-state index is -0.283. The lowest BCUT2D eigenvalue weighted by Gasteiger charge is -2.32. The van der Waals surface area contributed by atoms with E-state index < -0.39 is 0 Å². The third kappa shape index (κ3) is 5.12. The Morgan fingerprint density at radius 2 is 1.90 bits per heavy atom. The molecule has 0 bridgehead atoms. The van der Waals surface area contributed by atoms with Gasteiger partial charge in [0.25, 0.3) is 0 Å². The fraction of sp³-hybridized carbons (Fsp3) is 0.647. The summed E-state index contributed by atoms with van der Waals surface area (Å²) >= 11 is 0. The highest BCUT2D eigenvalue weighted by Crippen LogP contribution is 2.30. The van der Waals surface area contributed by atoms with Gasteiger partial charge in [0.1, 0.15) is 0 Å². The molecule has 0 amide bonds. The molecule has 2 nitrogen and oxygen atoms in total. The Bertz CT molecular complexity index is 423. The minimum absolute atomic E-state index is 0.179. The Labute approximate surface area is 122 Å². The lowest BCUT2D eigenvalue weighted by Crippen LogP contribution is -2.36. The molecular weight excluding hydrogens is 253 g/mol. The van der Waals surface area contributed by atoms with Gasteiger partial charge in [0.05, 0.1) is 7.11 Å². The third-order valence-electron chi connectivity index (χ3n) is 3.70. The summed E-state index contributed by atoms with van der Waals surface area (Å²) in [5, 5.41) is 3.49. The van der Waals surface area contributed by atoms with Crippen molar-refractivity contribution in [2.24, 2.45) is 11.3 Å². The standard InChI is InChI=1S/C17H28FNO/c1-12(2)19-11-14(17(3,4)5)9-13-7-8-16(20-6)15(18)10-13/h7-8,10,12,14,19H,9,11H2,1-6H3. The maximum Gasteiger partial charge on any atom is 0.165 e. The first kappa shape index (κ1) is 17.0. The topological polar surface area (TPSA) is 21.3 Å². The molecule has 0 aliphatic heterocycles. The van der Waals surface area contributed by atoms with Crippen LogP contribution in [0, 0.1) is 17.2 Å². The number of halogens is 1. The van der Waals surface area contributed by atoms with Crippen molar-refractivity contribution in [3.05, 3.63) is 29.6 Å². The van der Waals surface area contributed by atoms with E-state index >= 15 is 0 Å². The van der Waals surface area contributed by atoms with Crippen LogP contribution in [-0.2, 0) is 6.42 Å². The molecule has 0 aromatic heterocycles. The molecule has 1 rings (SSSR count). The zero-order valence-electron chi connectivity index (χ0n) is 13.6. The maximum absolute atomic E-state index is 13.8. The van der Waals surface area contributed by atoms with Gasteiger partial charge in [0.2, 0.25) is 0 Å². The van der Waals surface area contributed by atoms with Gasteiger partial charge in [-0.15, -0.1) is 0 Å². The molecule has 1 aromatic rings. The van der Waals surface area contributed by atoms with Gasteiger partial charge in [-0.2, -0.15) is 0 Å². The van der Waals surface area contributed by atoms with Crippen LogP contribution in [-0.4, -0.2) is 19.7 Å². The predicted molar refractivity (Wildman–Crippen MR) is 82.7 cm³/mol. The van der Waals surface area contributed by atoms with Gasteiger partial charge < -0.3 is 10.1 Å². The van der Waals surface area contributed by atoms with E-state index in [0.29, 0.717) is 17.7 Å². The molecule has 0 spiro atoms. The van der Waals surface area contributed by atoms with Crippen molar-refractivity contribution < 1.29 is 9.13 Å². The zero-order chi connectivity index (χ0) is 15.3. The number of hydrogen-bond donors (Lipinski definition) is 1. The monoisotopic (exact) mass is 281 g/mol. The predicted octanol–water partition coefficient (Wildman–Crippen LogP) is 4.04. The second kappa shape index (κ2) is 7.07. The molecule has 1 unspecified atom stereocenters. The van der Waals surface area contributed by atoms with Gasteiger partial charge >= 0.3 is 0 Å². The molecule has 1 N–H and O–H groups in total. The second-order valence-electron chi connectivity index (χ2n) is 6.80. The molecular formula is C17H28FNO. The van der Waals surface area contributed by atoms with Crippen LogP contribution in [0.5, 0.6) is 5.75 Å². The van der Waals surface area contributed by atoms with Gasteiger partial charge in [-0.1, -0.05) is 40.7 Å². The zero-order valence-corrected chi connectivity index (χ0v) is 13.6. The van der Waals surface area contributed by atoms with Crippen LogP contribution >= 0.6 is 0 Å². The van der Waals surface area contributed by atoms with Crippen molar-refractivity contribution >= 4 is 0 Å². The SMILES string of the molecule is COc1ccc(CC(CNC(C)C)C(C)(C)C)cc1F. The number of methoxy groups -OCH3 is 1. The first-order chi connectivity index (χ1) is 9.24. The summed E-state index contributed by atoms with van der Waals surface area (Å²) in [6.07, 6.45) is 0.865. The van der Waals surface area contributed by atoms with Crippen molar-refractivity contribution in [1.82, 2.24) is 5.32 Å². The van der Waals surface area contributed by atoms with Crippen LogP contribution in [0.3, 0.4) is 0 Å². The Balaban J connectivity index is 2.81. The summed E-state index contributed by atoms with van der Waals surface area (Å²) in [7, 11) is 1.49.